The predicted molar refractivity (Wildman–Crippen MR) is 92.5 cm³/mol. The summed E-state index contributed by atoms with van der Waals surface area (Å²) in [5.41, 5.74) is 5.22. The van der Waals surface area contributed by atoms with Gasteiger partial charge in [0.05, 0.1) is 6.67 Å². The average Bonchev–Trinajstić information content (AvgIpc) is 3.23. The molecule has 2 N–H and O–H groups in total. The van der Waals surface area contributed by atoms with Gasteiger partial charge < -0.3 is 10.3 Å². The Kier molecular flexibility index (Phi) is 4.93. The molecule has 0 unspecified atom stereocenters. The van der Waals surface area contributed by atoms with Gasteiger partial charge in [0.1, 0.15) is 5.82 Å². The fraction of sp³-hybridized carbons (Fsp3) is 0.533. The first kappa shape index (κ1) is 16.4. The molecule has 8 heteroatoms. The number of thiophene rings is 1. The number of carbonyl (C=O) groups is 1. The van der Waals surface area contributed by atoms with E-state index in [4.69, 9.17) is 18.0 Å². The van der Waals surface area contributed by atoms with Crippen molar-refractivity contribution in [2.75, 3.05) is 6.54 Å². The summed E-state index contributed by atoms with van der Waals surface area (Å²) in [4.78, 5) is 14.8. The summed E-state index contributed by atoms with van der Waals surface area (Å²) in [6, 6.07) is 4.75. The second-order valence-electron chi connectivity index (χ2n) is 5.85. The Bertz CT molecular complexity index is 734. The van der Waals surface area contributed by atoms with Gasteiger partial charge in [0.25, 0.3) is 0 Å². The SMILES string of the molecule is Cn1c(CCC(N)=O)nn(CN2CCC[C@H]2c2cccs2)c1=S. The van der Waals surface area contributed by atoms with E-state index < -0.39 is 0 Å². The van der Waals surface area contributed by atoms with Gasteiger partial charge in [-0.05, 0) is 36.5 Å². The second kappa shape index (κ2) is 6.94. The van der Waals surface area contributed by atoms with Crippen LogP contribution < -0.4 is 5.73 Å². The van der Waals surface area contributed by atoms with Crippen LogP contribution in [0.3, 0.4) is 0 Å². The fourth-order valence-corrected chi connectivity index (χ4v) is 4.15. The molecule has 0 aromatic carbocycles. The van der Waals surface area contributed by atoms with Crippen LogP contribution >= 0.6 is 23.6 Å². The molecule has 0 saturated carbocycles. The van der Waals surface area contributed by atoms with E-state index >= 15 is 0 Å². The standard InChI is InChI=1S/C15H21N5OS2/c1-18-14(7-6-13(16)21)17-20(15(18)22)10-19-8-2-4-11(19)12-5-3-9-23-12/h3,5,9,11H,2,4,6-8,10H2,1H3,(H2,16,21)/t11-/m0/s1. The molecular formula is C15H21N5OS2. The zero-order valence-corrected chi connectivity index (χ0v) is 14.8. The number of carbonyl (C=O) groups excluding carboxylic acids is 1. The molecule has 3 rings (SSSR count). The monoisotopic (exact) mass is 351 g/mol. The summed E-state index contributed by atoms with van der Waals surface area (Å²) in [5, 5.41) is 6.72. The Morgan fingerprint density at radius 3 is 3.09 bits per heavy atom. The Morgan fingerprint density at radius 1 is 1.57 bits per heavy atom. The minimum Gasteiger partial charge on any atom is -0.370 e. The maximum Gasteiger partial charge on any atom is 0.217 e. The first-order chi connectivity index (χ1) is 11.1. The number of likely N-dealkylation sites (tertiary alicyclic amines) is 1. The van der Waals surface area contributed by atoms with Gasteiger partial charge in [-0.3, -0.25) is 9.69 Å². The molecule has 0 radical (unpaired) electrons. The topological polar surface area (TPSA) is 69.1 Å². The Hall–Kier alpha value is -1.51. The molecule has 1 aliphatic rings. The summed E-state index contributed by atoms with van der Waals surface area (Å²) < 4.78 is 4.41. The predicted octanol–water partition coefficient (Wildman–Crippen LogP) is 2.23. The van der Waals surface area contributed by atoms with Crippen molar-refractivity contribution in [2.45, 2.75) is 38.4 Å². The van der Waals surface area contributed by atoms with E-state index in [1.54, 1.807) is 11.3 Å². The number of hydrogen-bond donors (Lipinski definition) is 1. The van der Waals surface area contributed by atoms with E-state index in [0.717, 1.165) is 12.4 Å². The molecule has 6 nitrogen and oxygen atoms in total. The van der Waals surface area contributed by atoms with E-state index in [-0.39, 0.29) is 5.91 Å². The van der Waals surface area contributed by atoms with Gasteiger partial charge in [0, 0.05) is 37.4 Å². The number of rotatable bonds is 6. The first-order valence-electron chi connectivity index (χ1n) is 7.74. The number of primary amides is 1. The van der Waals surface area contributed by atoms with Gasteiger partial charge in [-0.25, -0.2) is 4.68 Å². The number of aromatic nitrogens is 3. The van der Waals surface area contributed by atoms with E-state index in [1.165, 1.54) is 17.7 Å². The van der Waals surface area contributed by atoms with Crippen molar-refractivity contribution in [3.8, 4) is 0 Å². The lowest BCUT2D eigenvalue weighted by molar-refractivity contribution is -0.118. The molecule has 0 bridgehead atoms. The highest BCUT2D eigenvalue weighted by atomic mass is 32.1. The minimum atomic E-state index is -0.317. The highest BCUT2D eigenvalue weighted by molar-refractivity contribution is 7.71. The molecule has 1 aliphatic heterocycles. The van der Waals surface area contributed by atoms with Gasteiger partial charge in [-0.1, -0.05) is 6.07 Å². The maximum absolute atomic E-state index is 11.0. The van der Waals surface area contributed by atoms with Crippen LogP contribution in [0.4, 0.5) is 0 Å². The number of aryl methyl sites for hydroxylation is 1. The Balaban J connectivity index is 1.76. The number of amides is 1. The van der Waals surface area contributed by atoms with E-state index in [0.29, 0.717) is 30.3 Å². The van der Waals surface area contributed by atoms with Crippen molar-refractivity contribution in [2.24, 2.45) is 12.8 Å². The molecule has 3 heterocycles. The highest BCUT2D eigenvalue weighted by Gasteiger charge is 2.27. The van der Waals surface area contributed by atoms with Crippen molar-refractivity contribution >= 4 is 29.5 Å². The third-order valence-corrected chi connectivity index (χ3v) is 5.74. The molecule has 1 fully saturated rings. The molecule has 0 spiro atoms. The maximum atomic E-state index is 11.0. The molecule has 2 aromatic heterocycles. The Labute approximate surface area is 144 Å². The van der Waals surface area contributed by atoms with Gasteiger partial charge in [-0.15, -0.1) is 11.3 Å². The lowest BCUT2D eigenvalue weighted by Gasteiger charge is -2.23. The zero-order chi connectivity index (χ0) is 16.4. The summed E-state index contributed by atoms with van der Waals surface area (Å²) in [6.45, 7) is 1.74. The van der Waals surface area contributed by atoms with Gasteiger partial charge in [0.15, 0.2) is 4.77 Å². The Morgan fingerprint density at radius 2 is 2.39 bits per heavy atom. The average molecular weight is 352 g/mol. The number of hydrogen-bond acceptors (Lipinski definition) is 5. The van der Waals surface area contributed by atoms with Gasteiger partial charge in [-0.2, -0.15) is 5.10 Å². The number of nitrogens with zero attached hydrogens (tertiary/aromatic N) is 4. The van der Waals surface area contributed by atoms with E-state index in [1.807, 2.05) is 16.3 Å². The smallest absolute Gasteiger partial charge is 0.217 e. The largest absolute Gasteiger partial charge is 0.370 e. The third kappa shape index (κ3) is 3.54. The summed E-state index contributed by atoms with van der Waals surface area (Å²) in [7, 11) is 1.89. The van der Waals surface area contributed by atoms with Crippen molar-refractivity contribution in [3.63, 3.8) is 0 Å². The summed E-state index contributed by atoms with van der Waals surface area (Å²) in [5.74, 6) is 0.489. The van der Waals surface area contributed by atoms with E-state index in [2.05, 4.69) is 27.5 Å². The molecule has 1 saturated heterocycles. The van der Waals surface area contributed by atoms with E-state index in [9.17, 15) is 4.79 Å². The van der Waals surface area contributed by atoms with Crippen molar-refractivity contribution in [1.82, 2.24) is 19.2 Å². The molecule has 2 aromatic rings. The van der Waals surface area contributed by atoms with Crippen LogP contribution in [-0.2, 0) is 24.9 Å². The lowest BCUT2D eigenvalue weighted by Crippen LogP contribution is -2.26. The zero-order valence-electron chi connectivity index (χ0n) is 13.1. The lowest BCUT2D eigenvalue weighted by atomic mass is 10.2. The first-order valence-corrected chi connectivity index (χ1v) is 9.03. The van der Waals surface area contributed by atoms with Crippen LogP contribution in [0.5, 0.6) is 0 Å². The fourth-order valence-electron chi connectivity index (χ4n) is 3.05. The van der Waals surface area contributed by atoms with Crippen LogP contribution in [0.1, 0.15) is 36.0 Å². The molecule has 0 aliphatic carbocycles. The quantitative estimate of drug-likeness (QED) is 0.810. The van der Waals surface area contributed by atoms with Crippen molar-refractivity contribution < 1.29 is 4.79 Å². The van der Waals surface area contributed by atoms with Crippen molar-refractivity contribution in [1.29, 1.82) is 0 Å². The summed E-state index contributed by atoms with van der Waals surface area (Å²) >= 11 is 7.29. The van der Waals surface area contributed by atoms with Crippen LogP contribution in [-0.4, -0.2) is 31.7 Å². The second-order valence-corrected chi connectivity index (χ2v) is 7.20. The number of nitrogens with two attached hydrogens (primary N) is 1. The highest BCUT2D eigenvalue weighted by Crippen LogP contribution is 2.34. The molecule has 23 heavy (non-hydrogen) atoms. The molecule has 124 valence electrons. The third-order valence-electron chi connectivity index (χ3n) is 4.28. The minimum absolute atomic E-state index is 0.293. The molecule has 1 atom stereocenters. The normalized spacial score (nSPS) is 18.6. The van der Waals surface area contributed by atoms with Gasteiger partial charge >= 0.3 is 0 Å². The van der Waals surface area contributed by atoms with Crippen LogP contribution in [0, 0.1) is 4.77 Å². The van der Waals surface area contributed by atoms with Gasteiger partial charge in [0.2, 0.25) is 5.91 Å². The van der Waals surface area contributed by atoms with Crippen molar-refractivity contribution in [3.05, 3.63) is 33.0 Å². The molecule has 1 amide bonds. The van der Waals surface area contributed by atoms with Crippen LogP contribution in [0.25, 0.3) is 0 Å². The summed E-state index contributed by atoms with van der Waals surface area (Å²) in [6.07, 6.45) is 3.18. The van der Waals surface area contributed by atoms with Crippen LogP contribution in [0.15, 0.2) is 17.5 Å². The molecular weight excluding hydrogens is 330 g/mol. The van der Waals surface area contributed by atoms with Crippen LogP contribution in [0.2, 0.25) is 0 Å².